The summed E-state index contributed by atoms with van der Waals surface area (Å²) in [6.45, 7) is 2.91. The number of carbonyl (C=O) groups excluding carboxylic acids is 2. The van der Waals surface area contributed by atoms with E-state index in [2.05, 4.69) is 17.6 Å². The molecule has 4 rings (SSSR count). The van der Waals surface area contributed by atoms with Gasteiger partial charge in [0.05, 0.1) is 10.9 Å². The quantitative estimate of drug-likeness (QED) is 0.826. The highest BCUT2D eigenvalue weighted by Crippen LogP contribution is 2.48. The Labute approximate surface area is 147 Å². The minimum Gasteiger partial charge on any atom is -0.353 e. The van der Waals surface area contributed by atoms with Crippen LogP contribution in [-0.4, -0.2) is 49.4 Å². The number of hydrogen-bond donors (Lipinski definition) is 0. The van der Waals surface area contributed by atoms with Crippen LogP contribution >= 0.6 is 11.8 Å². The number of rotatable bonds is 2. The number of piperidine rings is 1. The number of likely N-dealkylation sites (tertiary alicyclic amines) is 1. The van der Waals surface area contributed by atoms with Crippen molar-refractivity contribution in [3.05, 3.63) is 24.0 Å². The number of thioether (sulfide) groups is 1. The second-order valence-corrected chi connectivity index (χ2v) is 8.85. The van der Waals surface area contributed by atoms with Gasteiger partial charge < -0.3 is 14.4 Å². The van der Waals surface area contributed by atoms with Crippen LogP contribution in [0.15, 0.2) is 18.3 Å². The van der Waals surface area contributed by atoms with Gasteiger partial charge in [-0.25, -0.2) is 0 Å². The highest BCUT2D eigenvalue weighted by molar-refractivity contribution is 8.01. The fourth-order valence-electron chi connectivity index (χ4n) is 4.52. The van der Waals surface area contributed by atoms with Crippen LogP contribution in [0.4, 0.5) is 0 Å². The van der Waals surface area contributed by atoms with Crippen molar-refractivity contribution in [1.82, 2.24) is 14.4 Å². The molecule has 2 amide bonds. The maximum absolute atomic E-state index is 13.4. The van der Waals surface area contributed by atoms with Gasteiger partial charge in [-0.3, -0.25) is 9.59 Å². The molecule has 0 saturated carbocycles. The van der Waals surface area contributed by atoms with Gasteiger partial charge in [0, 0.05) is 37.7 Å². The lowest BCUT2D eigenvalue weighted by Gasteiger charge is -2.39. The van der Waals surface area contributed by atoms with Crippen LogP contribution in [0.3, 0.4) is 0 Å². The molecular formula is C18H25N3O2S. The zero-order valence-electron chi connectivity index (χ0n) is 14.4. The van der Waals surface area contributed by atoms with Crippen LogP contribution in [0.2, 0.25) is 0 Å². The van der Waals surface area contributed by atoms with Gasteiger partial charge in [-0.1, -0.05) is 0 Å². The van der Waals surface area contributed by atoms with E-state index in [4.69, 9.17) is 0 Å². The summed E-state index contributed by atoms with van der Waals surface area (Å²) in [6, 6.07) is 4.01. The molecule has 0 bridgehead atoms. The maximum Gasteiger partial charge on any atom is 0.246 e. The second kappa shape index (κ2) is 5.83. The summed E-state index contributed by atoms with van der Waals surface area (Å²) in [4.78, 5) is 29.5. The van der Waals surface area contributed by atoms with E-state index in [0.29, 0.717) is 6.42 Å². The van der Waals surface area contributed by atoms with E-state index in [1.54, 1.807) is 11.8 Å². The summed E-state index contributed by atoms with van der Waals surface area (Å²) >= 11 is 1.77. The largest absolute Gasteiger partial charge is 0.353 e. The van der Waals surface area contributed by atoms with Crippen molar-refractivity contribution in [2.75, 3.05) is 12.3 Å². The molecular weight excluding hydrogens is 322 g/mol. The monoisotopic (exact) mass is 347 g/mol. The average molecular weight is 347 g/mol. The summed E-state index contributed by atoms with van der Waals surface area (Å²) in [5.41, 5.74) is 1.20. The lowest BCUT2D eigenvalue weighted by atomic mass is 9.98. The van der Waals surface area contributed by atoms with Crippen LogP contribution in [-0.2, 0) is 16.6 Å². The predicted molar refractivity (Wildman–Crippen MR) is 94.4 cm³/mol. The zero-order chi connectivity index (χ0) is 16.9. The van der Waals surface area contributed by atoms with E-state index < -0.39 is 0 Å². The number of nitrogens with zero attached hydrogens (tertiary/aromatic N) is 3. The van der Waals surface area contributed by atoms with E-state index in [1.807, 2.05) is 29.1 Å². The van der Waals surface area contributed by atoms with E-state index in [0.717, 1.165) is 38.0 Å². The first-order valence-corrected chi connectivity index (χ1v) is 9.88. The maximum atomic E-state index is 13.4. The molecule has 4 heterocycles. The van der Waals surface area contributed by atoms with Crippen molar-refractivity contribution in [3.63, 3.8) is 0 Å². The van der Waals surface area contributed by atoms with Crippen molar-refractivity contribution < 1.29 is 9.59 Å². The molecule has 3 saturated heterocycles. The average Bonchev–Trinajstić information content (AvgIpc) is 3.23. The normalized spacial score (nSPS) is 33.2. The van der Waals surface area contributed by atoms with Crippen molar-refractivity contribution in [3.8, 4) is 0 Å². The number of hydrogen-bond acceptors (Lipinski definition) is 3. The third-order valence-corrected chi connectivity index (χ3v) is 7.35. The first-order chi connectivity index (χ1) is 11.5. The lowest BCUT2D eigenvalue weighted by molar-refractivity contribution is -0.146. The zero-order valence-corrected chi connectivity index (χ0v) is 15.2. The Morgan fingerprint density at radius 3 is 2.96 bits per heavy atom. The number of amides is 2. The van der Waals surface area contributed by atoms with E-state index >= 15 is 0 Å². The van der Waals surface area contributed by atoms with Gasteiger partial charge in [0.15, 0.2) is 0 Å². The molecule has 3 atom stereocenters. The molecule has 1 aromatic heterocycles. The van der Waals surface area contributed by atoms with Crippen LogP contribution < -0.4 is 0 Å². The van der Waals surface area contributed by atoms with E-state index in [9.17, 15) is 9.59 Å². The molecule has 3 aliphatic rings. The third kappa shape index (κ3) is 2.38. The Balaban J connectivity index is 1.61. The molecule has 130 valence electrons. The van der Waals surface area contributed by atoms with Crippen molar-refractivity contribution in [1.29, 1.82) is 0 Å². The number of aromatic nitrogens is 1. The molecule has 0 unspecified atom stereocenters. The fraction of sp³-hybridized carbons (Fsp3) is 0.667. The molecule has 0 spiro atoms. The van der Waals surface area contributed by atoms with Crippen LogP contribution in [0.1, 0.15) is 50.8 Å². The standard InChI is InChI=1S/C18H25N3O2S/c1-18-9-8-16(22)21(18)15(12-24-18)17(23)20-11-4-3-6-14(20)13-7-5-10-19(13)2/h5,7,10,14-15H,3-4,6,8-9,11-12H2,1-2H3/t14-,15-,18+/m0/s1. The Morgan fingerprint density at radius 1 is 1.38 bits per heavy atom. The van der Waals surface area contributed by atoms with Gasteiger partial charge in [-0.05, 0) is 44.7 Å². The molecule has 5 nitrogen and oxygen atoms in total. The molecule has 6 heteroatoms. The van der Waals surface area contributed by atoms with Gasteiger partial charge in [0.2, 0.25) is 11.8 Å². The first kappa shape index (κ1) is 16.1. The molecule has 0 N–H and O–H groups in total. The van der Waals surface area contributed by atoms with Crippen LogP contribution in [0.25, 0.3) is 0 Å². The van der Waals surface area contributed by atoms with Gasteiger partial charge in [0.1, 0.15) is 6.04 Å². The molecule has 3 fully saturated rings. The molecule has 24 heavy (non-hydrogen) atoms. The Bertz CT molecular complexity index is 673. The topological polar surface area (TPSA) is 45.6 Å². The summed E-state index contributed by atoms with van der Waals surface area (Å²) < 4.78 is 2.12. The smallest absolute Gasteiger partial charge is 0.246 e. The van der Waals surface area contributed by atoms with Gasteiger partial charge in [-0.2, -0.15) is 0 Å². The van der Waals surface area contributed by atoms with Crippen LogP contribution in [0, 0.1) is 0 Å². The Hall–Kier alpha value is -1.43. The summed E-state index contributed by atoms with van der Waals surface area (Å²) in [6.07, 6.45) is 6.70. The van der Waals surface area contributed by atoms with Gasteiger partial charge in [-0.15, -0.1) is 11.8 Å². The van der Waals surface area contributed by atoms with Crippen LogP contribution in [0.5, 0.6) is 0 Å². The summed E-state index contributed by atoms with van der Waals surface area (Å²) in [5, 5.41) is 0. The minimum atomic E-state index is -0.282. The molecule has 3 aliphatic heterocycles. The van der Waals surface area contributed by atoms with Crippen molar-refractivity contribution in [2.24, 2.45) is 7.05 Å². The SMILES string of the molecule is Cn1cccc1[C@@H]1CCCCN1C(=O)[C@@H]1CS[C@]2(C)CCC(=O)N12. The highest BCUT2D eigenvalue weighted by Gasteiger charge is 2.54. The fourth-order valence-corrected chi connectivity index (χ4v) is 5.94. The van der Waals surface area contributed by atoms with Crippen molar-refractivity contribution in [2.45, 2.75) is 56.0 Å². The van der Waals surface area contributed by atoms with E-state index in [1.165, 1.54) is 5.69 Å². The third-order valence-electron chi connectivity index (χ3n) is 5.84. The number of fused-ring (bicyclic) bond motifs is 1. The van der Waals surface area contributed by atoms with Crippen molar-refractivity contribution >= 4 is 23.6 Å². The predicted octanol–water partition coefficient (Wildman–Crippen LogP) is 2.53. The summed E-state index contributed by atoms with van der Waals surface area (Å²) in [7, 11) is 2.04. The molecule has 0 radical (unpaired) electrons. The minimum absolute atomic E-state index is 0.140. The first-order valence-electron chi connectivity index (χ1n) is 8.89. The van der Waals surface area contributed by atoms with Gasteiger partial charge >= 0.3 is 0 Å². The Kier molecular flexibility index (Phi) is 3.90. The molecule has 1 aromatic rings. The van der Waals surface area contributed by atoms with E-state index in [-0.39, 0.29) is 28.8 Å². The highest BCUT2D eigenvalue weighted by atomic mass is 32.2. The molecule has 0 aliphatic carbocycles. The summed E-state index contributed by atoms with van der Waals surface area (Å²) in [5.74, 6) is 1.03. The number of carbonyl (C=O) groups is 2. The lowest BCUT2D eigenvalue weighted by Crippen LogP contribution is -2.53. The second-order valence-electron chi connectivity index (χ2n) is 7.35. The van der Waals surface area contributed by atoms with Gasteiger partial charge in [0.25, 0.3) is 0 Å². The Morgan fingerprint density at radius 2 is 2.21 bits per heavy atom. The number of aryl methyl sites for hydroxylation is 1. The molecule has 0 aromatic carbocycles.